The first-order valence-corrected chi connectivity index (χ1v) is 32.0. The minimum absolute atomic E-state index is 0.0469. The number of piperidine rings is 1. The number of aliphatic hydroxyl groups is 1. The van der Waals surface area contributed by atoms with Crippen molar-refractivity contribution in [1.82, 2.24) is 50.2 Å². The summed E-state index contributed by atoms with van der Waals surface area (Å²) in [6.07, 6.45) is 1.98. The van der Waals surface area contributed by atoms with Crippen molar-refractivity contribution in [3.05, 3.63) is 77.9 Å². The monoisotopic (exact) mass is 1250 g/mol. The van der Waals surface area contributed by atoms with Crippen LogP contribution in [0.5, 0.6) is 0 Å². The molecule has 1 fully saturated rings. The second kappa shape index (κ2) is 34.3. The second-order valence-electron chi connectivity index (χ2n) is 26.7. The molecule has 10 amide bonds. The summed E-state index contributed by atoms with van der Waals surface area (Å²) < 4.78 is 6.18. The Kier molecular flexibility index (Phi) is 28.7. The summed E-state index contributed by atoms with van der Waals surface area (Å²) in [6, 6.07) is 6.52. The number of hydrogen-bond donors (Lipinski definition) is 4. The van der Waals surface area contributed by atoms with Crippen LogP contribution in [0.15, 0.2) is 61.2 Å². The van der Waals surface area contributed by atoms with E-state index in [1.54, 1.807) is 32.6 Å². The summed E-state index contributed by atoms with van der Waals surface area (Å²) in [5.74, 6) is -6.92. The van der Waals surface area contributed by atoms with E-state index in [1.807, 2.05) is 89.2 Å². The molecule has 5 unspecified atom stereocenters. The first kappa shape index (κ1) is 75.3. The van der Waals surface area contributed by atoms with Gasteiger partial charge in [-0.25, -0.2) is 0 Å². The van der Waals surface area contributed by atoms with E-state index in [0.29, 0.717) is 36.2 Å². The molecule has 22 nitrogen and oxygen atoms in total. The zero-order valence-corrected chi connectivity index (χ0v) is 56.8. The summed E-state index contributed by atoms with van der Waals surface area (Å²) in [5, 5.41) is 19.7. The van der Waals surface area contributed by atoms with E-state index in [0.717, 1.165) is 29.7 Å². The number of hydrogen-bond acceptors (Lipinski definition) is 12. The standard InChI is InChI=1S/C68H106N10O12/c1-19-44(6)59-62(84)70-52(41-90-68(10,11)12)60(82)69-51(64(86)78-33-24-21-25-34-78)38-49-29-26-30-50(37-49)45(7)31-32-56(80)75(16)55(39-48-27-22-20-23-28-48)65(87)72(13)40-57(81)74(15)53(35-42(2)3)61(83)71-58(47(9)79)67(89)73(14)46(8)63(85)76(17)54(36-43(4)5)66(88)77(59)18/h20,22-23,26-30,37,42-44,46-47,51-55,58-59,79H,7,19,21,24-25,31-36,38-41H2,1-6,8-18H3,(H,69,82)(H,70,84)(H,71,83)/t44?,46?,47-,51?,52?,53?,54+,55+,58+,59+/m1/s1. The predicted molar refractivity (Wildman–Crippen MR) is 347 cm³/mol. The molecule has 4 N–H and O–H groups in total. The Morgan fingerprint density at radius 2 is 1.26 bits per heavy atom. The molecule has 2 heterocycles. The van der Waals surface area contributed by atoms with Crippen molar-refractivity contribution >= 4 is 64.6 Å². The normalized spacial score (nSPS) is 24.9. The topological polar surface area (TPSA) is 259 Å². The number of nitrogens with zero attached hydrogens (tertiary/aromatic N) is 7. The Balaban J connectivity index is 1.88. The number of nitrogens with one attached hydrogen (secondary N) is 3. The number of aliphatic hydroxyl groups excluding tert-OH is 1. The zero-order valence-electron chi connectivity index (χ0n) is 56.8. The average Bonchev–Trinajstić information content (AvgIpc) is 1.07. The van der Waals surface area contributed by atoms with Crippen LogP contribution >= 0.6 is 0 Å². The highest BCUT2D eigenvalue weighted by Gasteiger charge is 2.43. The van der Waals surface area contributed by atoms with E-state index in [-0.39, 0.29) is 68.8 Å². The van der Waals surface area contributed by atoms with Crippen molar-refractivity contribution in [3.8, 4) is 0 Å². The van der Waals surface area contributed by atoms with Crippen LogP contribution < -0.4 is 16.0 Å². The molecule has 22 heteroatoms. The van der Waals surface area contributed by atoms with Crippen LogP contribution in [0.25, 0.3) is 5.57 Å². The Morgan fingerprint density at radius 1 is 0.656 bits per heavy atom. The summed E-state index contributed by atoms with van der Waals surface area (Å²) in [6.45, 7) is 23.8. The van der Waals surface area contributed by atoms with Crippen LogP contribution in [-0.2, 0) is 65.5 Å². The molecule has 0 aromatic heterocycles. The lowest BCUT2D eigenvalue weighted by atomic mass is 9.94. The lowest BCUT2D eigenvalue weighted by Crippen LogP contribution is -2.62. The van der Waals surface area contributed by atoms with Crippen molar-refractivity contribution in [2.75, 3.05) is 68.5 Å². The molecule has 0 spiro atoms. The number of fused-ring (bicyclic) bond motifs is 2. The van der Waals surface area contributed by atoms with Gasteiger partial charge in [0.15, 0.2) is 0 Å². The van der Waals surface area contributed by atoms with Gasteiger partial charge in [-0.1, -0.05) is 109 Å². The SMILES string of the molecule is C=C1CCC(=O)N(C)[C@@H](Cc2ccccc2)C(=O)N(C)CC(=O)N(C)C(CC(C)C)C(=O)N[C@@H]([C@@H](C)O)C(=O)N(C)C(C)C(=O)N(C)[C@@H](CC(C)C)C(=O)N(C)[C@@H](C(C)CC)C(=O)NC(COC(C)(C)C)C(=O)NC(C(=O)N2CCCCC2)Cc2cccc1c2. The molecular weight excluding hydrogens is 1150 g/mol. The van der Waals surface area contributed by atoms with Gasteiger partial charge in [-0.3, -0.25) is 47.9 Å². The molecule has 2 aromatic rings. The van der Waals surface area contributed by atoms with Gasteiger partial charge in [-0.15, -0.1) is 0 Å². The van der Waals surface area contributed by atoms with Gasteiger partial charge >= 0.3 is 0 Å². The lowest BCUT2D eigenvalue weighted by Gasteiger charge is -2.39. The van der Waals surface area contributed by atoms with Gasteiger partial charge in [-0.05, 0) is 113 Å². The first-order valence-electron chi connectivity index (χ1n) is 32.0. The van der Waals surface area contributed by atoms with Gasteiger partial charge in [0.25, 0.3) is 0 Å². The Morgan fingerprint density at radius 3 is 1.83 bits per heavy atom. The second-order valence-corrected chi connectivity index (χ2v) is 26.7. The maximum absolute atomic E-state index is 15.1. The quantitative estimate of drug-likeness (QED) is 0.226. The fourth-order valence-corrected chi connectivity index (χ4v) is 11.4. The molecule has 2 aromatic carbocycles. The highest BCUT2D eigenvalue weighted by molar-refractivity contribution is 5.98. The van der Waals surface area contributed by atoms with Crippen molar-refractivity contribution in [3.63, 3.8) is 0 Å². The van der Waals surface area contributed by atoms with Crippen LogP contribution in [0.4, 0.5) is 0 Å². The number of allylic oxidation sites excluding steroid dienone is 1. The number of amides is 10. The van der Waals surface area contributed by atoms with E-state index in [4.69, 9.17) is 4.74 Å². The van der Waals surface area contributed by atoms with Gasteiger partial charge < -0.3 is 60.1 Å². The molecule has 2 aliphatic heterocycles. The van der Waals surface area contributed by atoms with Crippen LogP contribution in [-0.4, -0.2) is 227 Å². The molecule has 90 heavy (non-hydrogen) atoms. The maximum Gasteiger partial charge on any atom is 0.248 e. The molecule has 2 aliphatic rings. The minimum Gasteiger partial charge on any atom is -0.391 e. The summed E-state index contributed by atoms with van der Waals surface area (Å²) in [5.41, 5.74) is 1.93. The van der Waals surface area contributed by atoms with Crippen LogP contribution in [0.1, 0.15) is 144 Å². The highest BCUT2D eigenvalue weighted by Crippen LogP contribution is 2.25. The van der Waals surface area contributed by atoms with E-state index < -0.39 is 120 Å². The molecule has 500 valence electrons. The van der Waals surface area contributed by atoms with Gasteiger partial charge in [0, 0.05) is 74.6 Å². The Hall–Kier alpha value is -7.20. The number of carbonyl (C=O) groups is 10. The van der Waals surface area contributed by atoms with E-state index >= 15 is 4.79 Å². The van der Waals surface area contributed by atoms with Crippen molar-refractivity contribution in [2.24, 2.45) is 17.8 Å². The van der Waals surface area contributed by atoms with Crippen LogP contribution in [0.2, 0.25) is 0 Å². The summed E-state index contributed by atoms with van der Waals surface area (Å²) in [7, 11) is 8.64. The minimum atomic E-state index is -1.61. The Bertz CT molecular complexity index is 2820. The smallest absolute Gasteiger partial charge is 0.248 e. The molecule has 0 radical (unpaired) electrons. The molecule has 1 saturated heterocycles. The van der Waals surface area contributed by atoms with Gasteiger partial charge in [0.2, 0.25) is 59.1 Å². The van der Waals surface area contributed by atoms with Gasteiger partial charge in [0.05, 0.1) is 24.9 Å². The van der Waals surface area contributed by atoms with E-state index in [1.165, 1.54) is 80.6 Å². The maximum atomic E-state index is 15.1. The van der Waals surface area contributed by atoms with E-state index in [2.05, 4.69) is 22.5 Å². The van der Waals surface area contributed by atoms with Crippen LogP contribution in [0.3, 0.4) is 0 Å². The number of likely N-dealkylation sites (N-methyl/N-ethyl adjacent to an activating group) is 6. The number of rotatable bonds is 12. The number of carbonyl (C=O) groups excluding carboxylic acids is 10. The van der Waals surface area contributed by atoms with Crippen molar-refractivity contribution < 1.29 is 57.8 Å². The predicted octanol–water partition coefficient (Wildman–Crippen LogP) is 4.69. The van der Waals surface area contributed by atoms with Gasteiger partial charge in [-0.2, -0.15) is 0 Å². The van der Waals surface area contributed by atoms with Gasteiger partial charge in [0.1, 0.15) is 48.3 Å². The molecule has 2 bridgehead atoms. The number of benzene rings is 2. The lowest BCUT2D eigenvalue weighted by molar-refractivity contribution is -0.154. The molecule has 0 saturated carbocycles. The molecule has 4 rings (SSSR count). The number of likely N-dealkylation sites (tertiary alicyclic amines) is 1. The fourth-order valence-electron chi connectivity index (χ4n) is 11.4. The Labute approximate surface area is 535 Å². The highest BCUT2D eigenvalue weighted by atomic mass is 16.5. The van der Waals surface area contributed by atoms with Crippen molar-refractivity contribution in [2.45, 2.75) is 200 Å². The first-order chi connectivity index (χ1) is 42.1. The summed E-state index contributed by atoms with van der Waals surface area (Å²) >= 11 is 0. The molecule has 10 atom stereocenters. The third kappa shape index (κ3) is 21.2. The molecular formula is C68H106N10O12. The largest absolute Gasteiger partial charge is 0.391 e. The third-order valence-electron chi connectivity index (χ3n) is 17.4. The molecule has 0 aliphatic carbocycles. The summed E-state index contributed by atoms with van der Waals surface area (Å²) in [4.78, 5) is 156. The van der Waals surface area contributed by atoms with E-state index in [9.17, 15) is 48.3 Å². The van der Waals surface area contributed by atoms with Crippen LogP contribution in [0, 0.1) is 17.8 Å². The fraction of sp³-hybridized carbons (Fsp3) is 0.647. The van der Waals surface area contributed by atoms with Crippen molar-refractivity contribution in [1.29, 1.82) is 0 Å². The zero-order chi connectivity index (χ0) is 67.6. The number of ether oxygens (including phenoxy) is 1. The average molecular weight is 1260 g/mol. The third-order valence-corrected chi connectivity index (χ3v) is 17.4.